The van der Waals surface area contributed by atoms with Crippen molar-refractivity contribution in [1.82, 2.24) is 0 Å². The molecule has 3 aromatic carbocycles. The van der Waals surface area contributed by atoms with E-state index in [2.05, 4.69) is 0 Å². The average Bonchev–Trinajstić information content (AvgIpc) is 2.78. The average molecular weight is 441 g/mol. The largest absolute Gasteiger partial charge is 0.496 e. The first-order valence-electron chi connectivity index (χ1n) is 9.14. The van der Waals surface area contributed by atoms with Gasteiger partial charge in [-0.25, -0.2) is 9.18 Å². The first-order chi connectivity index (χ1) is 14.9. The fraction of sp³-hybridized carbons (Fsp3) is 0.0833. The van der Waals surface area contributed by atoms with Crippen molar-refractivity contribution >= 4 is 29.4 Å². The Balaban J connectivity index is 1.74. The Bertz CT molecular complexity index is 1100. The van der Waals surface area contributed by atoms with Crippen LogP contribution in [0.4, 0.5) is 4.39 Å². The minimum atomic E-state index is -0.664. The van der Waals surface area contributed by atoms with E-state index in [9.17, 15) is 14.0 Å². The third-order valence-electron chi connectivity index (χ3n) is 4.38. The van der Waals surface area contributed by atoms with Crippen LogP contribution in [0.15, 0.2) is 66.7 Å². The third-order valence-corrected chi connectivity index (χ3v) is 4.71. The molecule has 0 spiro atoms. The van der Waals surface area contributed by atoms with Crippen molar-refractivity contribution in [3.8, 4) is 17.2 Å². The van der Waals surface area contributed by atoms with Crippen molar-refractivity contribution in [2.24, 2.45) is 0 Å². The molecule has 0 fully saturated rings. The summed E-state index contributed by atoms with van der Waals surface area (Å²) >= 11 is 5.95. The quantitative estimate of drug-likeness (QED) is 0.207. The predicted octanol–water partition coefficient (Wildman–Crippen LogP) is 5.61. The van der Waals surface area contributed by atoms with E-state index in [4.69, 9.17) is 25.8 Å². The second kappa shape index (κ2) is 9.91. The van der Waals surface area contributed by atoms with Gasteiger partial charge >= 0.3 is 5.97 Å². The normalized spacial score (nSPS) is 10.7. The smallest absolute Gasteiger partial charge is 0.351 e. The number of hydrogen-bond acceptors (Lipinski definition) is 5. The van der Waals surface area contributed by atoms with Crippen molar-refractivity contribution in [2.45, 2.75) is 0 Å². The molecule has 0 unspecified atom stereocenters. The van der Waals surface area contributed by atoms with Crippen LogP contribution in [-0.2, 0) is 0 Å². The Labute approximate surface area is 183 Å². The maximum atomic E-state index is 13.8. The molecule has 0 aliphatic rings. The van der Waals surface area contributed by atoms with Crippen LogP contribution in [0.3, 0.4) is 0 Å². The number of carbonyl (C=O) groups excluding carboxylic acids is 2. The Kier molecular flexibility index (Phi) is 7.05. The van der Waals surface area contributed by atoms with Gasteiger partial charge in [-0.2, -0.15) is 0 Å². The van der Waals surface area contributed by atoms with Gasteiger partial charge in [-0.3, -0.25) is 4.79 Å². The van der Waals surface area contributed by atoms with E-state index < -0.39 is 11.8 Å². The maximum Gasteiger partial charge on any atom is 0.351 e. The standard InChI is InChI=1S/C24H18ClFO5/c1-29-21-7-4-8-22(30-2)23(21)24(28)31-16-11-9-15(10-12-16)20(27)14-13-17-18(25)5-3-6-19(17)26/h3-14H,1-2H3. The summed E-state index contributed by atoms with van der Waals surface area (Å²) in [5, 5.41) is 0.207. The van der Waals surface area contributed by atoms with Crippen molar-refractivity contribution in [2.75, 3.05) is 14.2 Å². The van der Waals surface area contributed by atoms with Gasteiger partial charge in [-0.1, -0.05) is 23.7 Å². The molecule has 0 saturated carbocycles. The topological polar surface area (TPSA) is 61.8 Å². The van der Waals surface area contributed by atoms with Gasteiger partial charge in [0.05, 0.1) is 19.2 Å². The van der Waals surface area contributed by atoms with Crippen molar-refractivity contribution in [3.05, 3.63) is 94.3 Å². The van der Waals surface area contributed by atoms with Crippen LogP contribution in [0.1, 0.15) is 26.3 Å². The number of allylic oxidation sites excluding steroid dienone is 1. The molecule has 0 heterocycles. The highest BCUT2D eigenvalue weighted by molar-refractivity contribution is 6.32. The number of rotatable bonds is 7. The number of benzene rings is 3. The number of ketones is 1. The van der Waals surface area contributed by atoms with Crippen LogP contribution < -0.4 is 14.2 Å². The highest BCUT2D eigenvalue weighted by atomic mass is 35.5. The van der Waals surface area contributed by atoms with Crippen LogP contribution in [0, 0.1) is 5.82 Å². The van der Waals surface area contributed by atoms with Crippen LogP contribution in [0.25, 0.3) is 6.08 Å². The van der Waals surface area contributed by atoms with Gasteiger partial charge in [0.25, 0.3) is 0 Å². The fourth-order valence-corrected chi connectivity index (χ4v) is 3.05. The second-order valence-electron chi connectivity index (χ2n) is 6.28. The van der Waals surface area contributed by atoms with Gasteiger partial charge in [0, 0.05) is 11.1 Å². The zero-order valence-corrected chi connectivity index (χ0v) is 17.5. The van der Waals surface area contributed by atoms with Crippen molar-refractivity contribution in [1.29, 1.82) is 0 Å². The molecule has 3 rings (SSSR count). The second-order valence-corrected chi connectivity index (χ2v) is 6.69. The van der Waals surface area contributed by atoms with Crippen LogP contribution in [-0.4, -0.2) is 26.0 Å². The number of esters is 1. The molecule has 0 saturated heterocycles. The summed E-state index contributed by atoms with van der Waals surface area (Å²) in [5.74, 6) is -0.687. The number of ether oxygens (including phenoxy) is 3. The van der Waals surface area contributed by atoms with E-state index in [1.807, 2.05) is 0 Å². The Morgan fingerprint density at radius 3 is 2.10 bits per heavy atom. The highest BCUT2D eigenvalue weighted by Gasteiger charge is 2.20. The van der Waals surface area contributed by atoms with Crippen LogP contribution >= 0.6 is 11.6 Å². The zero-order chi connectivity index (χ0) is 22.4. The lowest BCUT2D eigenvalue weighted by Crippen LogP contribution is -2.12. The molecule has 0 amide bonds. The van der Waals surface area contributed by atoms with Gasteiger partial charge in [-0.15, -0.1) is 0 Å². The van der Waals surface area contributed by atoms with E-state index in [0.717, 1.165) is 0 Å². The molecule has 158 valence electrons. The molecule has 0 radical (unpaired) electrons. The molecule has 0 aliphatic heterocycles. The summed E-state index contributed by atoms with van der Waals surface area (Å²) in [6, 6.07) is 15.2. The van der Waals surface area contributed by atoms with E-state index in [0.29, 0.717) is 17.1 Å². The van der Waals surface area contributed by atoms with Crippen molar-refractivity contribution < 1.29 is 28.2 Å². The third kappa shape index (κ3) is 5.10. The molecule has 0 atom stereocenters. The van der Waals surface area contributed by atoms with Gasteiger partial charge < -0.3 is 14.2 Å². The molecule has 31 heavy (non-hydrogen) atoms. The molecule has 0 N–H and O–H groups in total. The first kappa shape index (κ1) is 22.1. The Hall–Kier alpha value is -3.64. The molecule has 3 aromatic rings. The zero-order valence-electron chi connectivity index (χ0n) is 16.7. The van der Waals surface area contributed by atoms with E-state index in [1.165, 1.54) is 68.8 Å². The molecule has 0 bridgehead atoms. The lowest BCUT2D eigenvalue weighted by molar-refractivity contribution is 0.0727. The number of halogens is 2. The molecular weight excluding hydrogens is 423 g/mol. The Morgan fingerprint density at radius 2 is 1.52 bits per heavy atom. The van der Waals surface area contributed by atoms with Gasteiger partial charge in [0.1, 0.15) is 28.6 Å². The van der Waals surface area contributed by atoms with Gasteiger partial charge in [-0.05, 0) is 60.7 Å². The molecule has 5 nitrogen and oxygen atoms in total. The van der Waals surface area contributed by atoms with E-state index >= 15 is 0 Å². The predicted molar refractivity (Wildman–Crippen MR) is 116 cm³/mol. The minimum Gasteiger partial charge on any atom is -0.496 e. The van der Waals surface area contributed by atoms with E-state index in [1.54, 1.807) is 18.2 Å². The number of methoxy groups -OCH3 is 2. The fourth-order valence-electron chi connectivity index (χ4n) is 2.82. The Morgan fingerprint density at radius 1 is 0.903 bits per heavy atom. The van der Waals surface area contributed by atoms with Gasteiger partial charge in [0.15, 0.2) is 5.78 Å². The number of hydrogen-bond donors (Lipinski definition) is 0. The first-order valence-corrected chi connectivity index (χ1v) is 9.52. The molecule has 0 aromatic heterocycles. The highest BCUT2D eigenvalue weighted by Crippen LogP contribution is 2.29. The summed E-state index contributed by atoms with van der Waals surface area (Å²) in [4.78, 5) is 25.0. The summed E-state index contributed by atoms with van der Waals surface area (Å²) in [5.41, 5.74) is 0.615. The SMILES string of the molecule is COc1cccc(OC)c1C(=O)Oc1ccc(C(=O)C=Cc2c(F)cccc2Cl)cc1. The maximum absolute atomic E-state index is 13.8. The summed E-state index contributed by atoms with van der Waals surface area (Å²) < 4.78 is 29.6. The number of carbonyl (C=O) groups is 2. The van der Waals surface area contributed by atoms with Gasteiger partial charge in [0.2, 0.25) is 0 Å². The van der Waals surface area contributed by atoms with E-state index in [-0.39, 0.29) is 27.7 Å². The molecule has 0 aliphatic carbocycles. The van der Waals surface area contributed by atoms with Crippen LogP contribution in [0.2, 0.25) is 5.02 Å². The monoisotopic (exact) mass is 440 g/mol. The molecule has 7 heteroatoms. The minimum absolute atomic E-state index is 0.133. The lowest BCUT2D eigenvalue weighted by atomic mass is 10.1. The van der Waals surface area contributed by atoms with Crippen molar-refractivity contribution in [3.63, 3.8) is 0 Å². The molecular formula is C24H18ClFO5. The summed E-state index contributed by atoms with van der Waals surface area (Å²) in [6.45, 7) is 0. The summed E-state index contributed by atoms with van der Waals surface area (Å²) in [6.07, 6.45) is 2.55. The lowest BCUT2D eigenvalue weighted by Gasteiger charge is -2.12. The van der Waals surface area contributed by atoms with Crippen LogP contribution in [0.5, 0.6) is 17.2 Å². The summed E-state index contributed by atoms with van der Waals surface area (Å²) in [7, 11) is 2.88.